The van der Waals surface area contributed by atoms with Crippen LogP contribution in [-0.4, -0.2) is 17.4 Å². The van der Waals surface area contributed by atoms with E-state index in [1.165, 1.54) is 0 Å². The average Bonchev–Trinajstić information content (AvgIpc) is 2.29. The molecule has 1 aliphatic rings. The first-order valence-electron chi connectivity index (χ1n) is 3.78. The van der Waals surface area contributed by atoms with E-state index in [1.54, 1.807) is 18.3 Å². The molecule has 60 valence electrons. The van der Waals surface area contributed by atoms with Crippen molar-refractivity contribution in [2.75, 3.05) is 6.54 Å². The summed E-state index contributed by atoms with van der Waals surface area (Å²) in [6.45, 7) is 0.579. The van der Waals surface area contributed by atoms with Crippen molar-refractivity contribution >= 4 is 12.0 Å². The van der Waals surface area contributed by atoms with Gasteiger partial charge in [0.15, 0.2) is 0 Å². The predicted octanol–water partition coefficient (Wildman–Crippen LogP) is 0.838. The molecule has 0 fully saturated rings. The van der Waals surface area contributed by atoms with Crippen LogP contribution in [0.3, 0.4) is 0 Å². The van der Waals surface area contributed by atoms with Crippen LogP contribution in [0.4, 0.5) is 0 Å². The Morgan fingerprint density at radius 1 is 1.50 bits per heavy atom. The first-order chi connectivity index (χ1) is 5.88. The summed E-state index contributed by atoms with van der Waals surface area (Å²) in [5.41, 5.74) is 1.39. The van der Waals surface area contributed by atoms with Gasteiger partial charge in [-0.1, -0.05) is 6.08 Å². The highest BCUT2D eigenvalue weighted by molar-refractivity contribution is 5.97. The van der Waals surface area contributed by atoms with Crippen molar-refractivity contribution < 1.29 is 4.79 Å². The summed E-state index contributed by atoms with van der Waals surface area (Å²) in [6, 6.07) is 3.53. The molecule has 2 rings (SSSR count). The van der Waals surface area contributed by atoms with Gasteiger partial charge in [-0.3, -0.25) is 9.78 Å². The molecule has 1 aromatic heterocycles. The van der Waals surface area contributed by atoms with E-state index in [-0.39, 0.29) is 5.91 Å². The molecule has 3 heteroatoms. The molecule has 0 atom stereocenters. The SMILES string of the molecule is O=C1NCC=Cc2ncccc21. The Hall–Kier alpha value is -1.64. The Balaban J connectivity index is 2.56. The molecule has 1 amide bonds. The van der Waals surface area contributed by atoms with Crippen LogP contribution in [0.25, 0.3) is 6.08 Å². The van der Waals surface area contributed by atoms with Crippen LogP contribution < -0.4 is 5.32 Å². The molecule has 0 spiro atoms. The van der Waals surface area contributed by atoms with Crippen LogP contribution >= 0.6 is 0 Å². The number of hydrogen-bond donors (Lipinski definition) is 1. The maximum absolute atomic E-state index is 11.3. The monoisotopic (exact) mass is 160 g/mol. The predicted molar refractivity (Wildman–Crippen MR) is 45.6 cm³/mol. The van der Waals surface area contributed by atoms with E-state index in [2.05, 4.69) is 10.3 Å². The van der Waals surface area contributed by atoms with Crippen molar-refractivity contribution in [1.82, 2.24) is 10.3 Å². The average molecular weight is 160 g/mol. The van der Waals surface area contributed by atoms with Gasteiger partial charge >= 0.3 is 0 Å². The van der Waals surface area contributed by atoms with E-state index in [4.69, 9.17) is 0 Å². The second-order valence-electron chi connectivity index (χ2n) is 2.55. The topological polar surface area (TPSA) is 42.0 Å². The number of amides is 1. The minimum Gasteiger partial charge on any atom is -0.348 e. The lowest BCUT2D eigenvalue weighted by molar-refractivity contribution is 0.0958. The number of carbonyl (C=O) groups is 1. The summed E-state index contributed by atoms with van der Waals surface area (Å²) >= 11 is 0. The van der Waals surface area contributed by atoms with E-state index < -0.39 is 0 Å². The standard InChI is InChI=1S/C9H8N2O/c12-9-7-3-1-5-10-8(7)4-2-6-11-9/h1-5H,6H2,(H,11,12). The molecule has 12 heavy (non-hydrogen) atoms. The highest BCUT2D eigenvalue weighted by atomic mass is 16.1. The van der Waals surface area contributed by atoms with Crippen molar-refractivity contribution in [2.45, 2.75) is 0 Å². The summed E-state index contributed by atoms with van der Waals surface area (Å²) in [7, 11) is 0. The van der Waals surface area contributed by atoms with Crippen LogP contribution in [-0.2, 0) is 0 Å². The number of hydrogen-bond acceptors (Lipinski definition) is 2. The normalized spacial score (nSPS) is 14.8. The largest absolute Gasteiger partial charge is 0.348 e. The van der Waals surface area contributed by atoms with E-state index in [1.807, 2.05) is 12.2 Å². The summed E-state index contributed by atoms with van der Waals surface area (Å²) in [5.74, 6) is -0.0527. The number of pyridine rings is 1. The van der Waals surface area contributed by atoms with Gasteiger partial charge in [-0.2, -0.15) is 0 Å². The van der Waals surface area contributed by atoms with Gasteiger partial charge in [-0.25, -0.2) is 0 Å². The lowest BCUT2D eigenvalue weighted by Gasteiger charge is -2.00. The number of aromatic nitrogens is 1. The van der Waals surface area contributed by atoms with Gasteiger partial charge in [-0.05, 0) is 18.2 Å². The third kappa shape index (κ3) is 1.09. The van der Waals surface area contributed by atoms with Crippen LogP contribution in [0, 0.1) is 0 Å². The Morgan fingerprint density at radius 3 is 3.33 bits per heavy atom. The Morgan fingerprint density at radius 2 is 2.42 bits per heavy atom. The van der Waals surface area contributed by atoms with E-state index >= 15 is 0 Å². The summed E-state index contributed by atoms with van der Waals surface area (Å²) in [6.07, 6.45) is 5.42. The molecule has 0 aliphatic carbocycles. The fraction of sp³-hybridized carbons (Fsp3) is 0.111. The molecule has 1 N–H and O–H groups in total. The third-order valence-electron chi connectivity index (χ3n) is 1.74. The molecule has 0 bridgehead atoms. The van der Waals surface area contributed by atoms with Gasteiger partial charge in [0.25, 0.3) is 5.91 Å². The fourth-order valence-corrected chi connectivity index (χ4v) is 1.16. The molecule has 0 saturated heterocycles. The molecule has 0 unspecified atom stereocenters. The maximum Gasteiger partial charge on any atom is 0.253 e. The lowest BCUT2D eigenvalue weighted by atomic mass is 10.2. The quantitative estimate of drug-likeness (QED) is 0.611. The van der Waals surface area contributed by atoms with Gasteiger partial charge in [0.2, 0.25) is 0 Å². The lowest BCUT2D eigenvalue weighted by Crippen LogP contribution is -2.22. The van der Waals surface area contributed by atoms with E-state index in [0.29, 0.717) is 12.1 Å². The number of rotatable bonds is 0. The molecule has 3 nitrogen and oxygen atoms in total. The van der Waals surface area contributed by atoms with Crippen molar-refractivity contribution in [3.05, 3.63) is 35.7 Å². The Bertz CT molecular complexity index is 344. The van der Waals surface area contributed by atoms with Gasteiger partial charge in [0.1, 0.15) is 0 Å². The minimum absolute atomic E-state index is 0.0527. The third-order valence-corrected chi connectivity index (χ3v) is 1.74. The van der Waals surface area contributed by atoms with Crippen molar-refractivity contribution in [1.29, 1.82) is 0 Å². The number of nitrogens with zero attached hydrogens (tertiary/aromatic N) is 1. The molecule has 1 aliphatic heterocycles. The van der Waals surface area contributed by atoms with Crippen molar-refractivity contribution in [3.8, 4) is 0 Å². The zero-order chi connectivity index (χ0) is 8.39. The Kier molecular flexibility index (Phi) is 1.63. The summed E-state index contributed by atoms with van der Waals surface area (Å²) in [4.78, 5) is 15.4. The molecule has 1 aromatic rings. The molecule has 0 radical (unpaired) electrons. The van der Waals surface area contributed by atoms with Gasteiger partial charge in [0, 0.05) is 12.7 Å². The molecular formula is C9H8N2O. The highest BCUT2D eigenvalue weighted by Gasteiger charge is 2.10. The fourth-order valence-electron chi connectivity index (χ4n) is 1.16. The second kappa shape index (κ2) is 2.77. The van der Waals surface area contributed by atoms with Crippen LogP contribution in [0.5, 0.6) is 0 Å². The van der Waals surface area contributed by atoms with Gasteiger partial charge in [0.05, 0.1) is 11.3 Å². The summed E-state index contributed by atoms with van der Waals surface area (Å²) < 4.78 is 0. The number of nitrogens with one attached hydrogen (secondary N) is 1. The highest BCUT2D eigenvalue weighted by Crippen LogP contribution is 2.08. The molecule has 2 heterocycles. The Labute approximate surface area is 70.1 Å². The number of carbonyl (C=O) groups excluding carboxylic acids is 1. The molecule has 0 aromatic carbocycles. The minimum atomic E-state index is -0.0527. The van der Waals surface area contributed by atoms with Gasteiger partial charge in [-0.15, -0.1) is 0 Å². The zero-order valence-corrected chi connectivity index (χ0v) is 6.45. The first kappa shape index (κ1) is 7.03. The van der Waals surface area contributed by atoms with E-state index in [9.17, 15) is 4.79 Å². The molecular weight excluding hydrogens is 152 g/mol. The smallest absolute Gasteiger partial charge is 0.253 e. The van der Waals surface area contributed by atoms with Crippen LogP contribution in [0.1, 0.15) is 16.1 Å². The summed E-state index contributed by atoms with van der Waals surface area (Å²) in [5, 5.41) is 2.73. The first-order valence-corrected chi connectivity index (χ1v) is 3.78. The van der Waals surface area contributed by atoms with Crippen LogP contribution in [0.15, 0.2) is 24.4 Å². The van der Waals surface area contributed by atoms with Crippen LogP contribution in [0.2, 0.25) is 0 Å². The van der Waals surface area contributed by atoms with E-state index in [0.717, 1.165) is 5.69 Å². The van der Waals surface area contributed by atoms with Crippen molar-refractivity contribution in [3.63, 3.8) is 0 Å². The second-order valence-corrected chi connectivity index (χ2v) is 2.55. The number of fused-ring (bicyclic) bond motifs is 1. The van der Waals surface area contributed by atoms with Crippen molar-refractivity contribution in [2.24, 2.45) is 0 Å². The van der Waals surface area contributed by atoms with Gasteiger partial charge < -0.3 is 5.32 Å². The zero-order valence-electron chi connectivity index (χ0n) is 6.45. The maximum atomic E-state index is 11.3. The molecule has 0 saturated carbocycles.